The highest BCUT2D eigenvalue weighted by Crippen LogP contribution is 2.25. The van der Waals surface area contributed by atoms with Crippen LogP contribution in [-0.2, 0) is 0 Å². The first-order chi connectivity index (χ1) is 13.9. The predicted octanol–water partition coefficient (Wildman–Crippen LogP) is 4.73. The molecule has 1 saturated heterocycles. The van der Waals surface area contributed by atoms with Crippen molar-refractivity contribution in [3.05, 3.63) is 53.8 Å². The summed E-state index contributed by atoms with van der Waals surface area (Å²) in [6.07, 6.45) is 3.37. The van der Waals surface area contributed by atoms with E-state index in [0.717, 1.165) is 25.9 Å². The molecule has 154 valence electrons. The van der Waals surface area contributed by atoms with Crippen LogP contribution in [0.3, 0.4) is 0 Å². The molecule has 0 aliphatic carbocycles. The third kappa shape index (κ3) is 5.90. The molecule has 2 aromatic carbocycles. The van der Waals surface area contributed by atoms with E-state index in [1.807, 2.05) is 13.8 Å². The molecular weight excluding hydrogens is 389 g/mol. The largest absolute Gasteiger partial charge is 0.491 e. The van der Waals surface area contributed by atoms with Gasteiger partial charge in [-0.15, -0.1) is 0 Å². The van der Waals surface area contributed by atoms with E-state index in [1.54, 1.807) is 36.4 Å². The van der Waals surface area contributed by atoms with Crippen LogP contribution in [0.15, 0.2) is 42.5 Å². The first kappa shape index (κ1) is 21.0. The van der Waals surface area contributed by atoms with E-state index in [0.29, 0.717) is 22.7 Å². The average Bonchev–Trinajstić information content (AvgIpc) is 2.68. The van der Waals surface area contributed by atoms with Gasteiger partial charge in [0.25, 0.3) is 5.91 Å². The maximum Gasteiger partial charge on any atom is 0.257 e. The quantitative estimate of drug-likeness (QED) is 0.692. The number of rotatable bonds is 5. The Hall–Kier alpha value is -2.67. The molecule has 0 aromatic heterocycles. The number of amides is 1. The van der Waals surface area contributed by atoms with Crippen molar-refractivity contribution in [2.75, 3.05) is 23.3 Å². The van der Waals surface area contributed by atoms with Crippen LogP contribution in [0.5, 0.6) is 5.75 Å². The maximum absolute atomic E-state index is 14.5. The van der Waals surface area contributed by atoms with Crippen molar-refractivity contribution < 1.29 is 13.9 Å². The van der Waals surface area contributed by atoms with E-state index in [9.17, 15) is 9.18 Å². The number of carbonyl (C=O) groups excluding carboxylic acids is 1. The number of carbonyl (C=O) groups is 1. The van der Waals surface area contributed by atoms with E-state index in [-0.39, 0.29) is 22.9 Å². The minimum atomic E-state index is -0.359. The molecule has 2 aromatic rings. The summed E-state index contributed by atoms with van der Waals surface area (Å²) in [7, 11) is 0. The monoisotopic (exact) mass is 415 g/mol. The maximum atomic E-state index is 14.5. The van der Waals surface area contributed by atoms with Crippen LogP contribution in [0.2, 0.25) is 0 Å². The van der Waals surface area contributed by atoms with Gasteiger partial charge in [0.05, 0.1) is 11.8 Å². The van der Waals surface area contributed by atoms with E-state index in [4.69, 9.17) is 17.0 Å². The topological polar surface area (TPSA) is 53.6 Å². The molecule has 1 heterocycles. The van der Waals surface area contributed by atoms with Crippen LogP contribution >= 0.6 is 12.2 Å². The third-order valence-corrected chi connectivity index (χ3v) is 4.80. The zero-order valence-corrected chi connectivity index (χ0v) is 17.5. The normalized spacial score (nSPS) is 13.9. The van der Waals surface area contributed by atoms with Gasteiger partial charge in [-0.2, -0.15) is 0 Å². The molecule has 1 aliphatic heterocycles. The zero-order valence-electron chi connectivity index (χ0n) is 16.7. The minimum Gasteiger partial charge on any atom is -0.491 e. The van der Waals surface area contributed by atoms with Crippen LogP contribution in [0.25, 0.3) is 0 Å². The van der Waals surface area contributed by atoms with Gasteiger partial charge in [-0.05, 0) is 81.7 Å². The molecule has 0 radical (unpaired) electrons. The van der Waals surface area contributed by atoms with Crippen LogP contribution < -0.4 is 20.3 Å². The van der Waals surface area contributed by atoms with Gasteiger partial charge in [0.1, 0.15) is 11.6 Å². The number of hydrogen-bond acceptors (Lipinski definition) is 4. The number of anilines is 2. The molecule has 3 rings (SSSR count). The second-order valence-electron chi connectivity index (χ2n) is 7.32. The minimum absolute atomic E-state index is 0.0128. The van der Waals surface area contributed by atoms with Gasteiger partial charge in [0, 0.05) is 24.3 Å². The fraction of sp³-hybridized carbons (Fsp3) is 0.364. The Bertz CT molecular complexity index is 882. The van der Waals surface area contributed by atoms with Gasteiger partial charge >= 0.3 is 0 Å². The molecule has 2 N–H and O–H groups in total. The Morgan fingerprint density at radius 3 is 2.59 bits per heavy atom. The summed E-state index contributed by atoms with van der Waals surface area (Å²) in [5, 5.41) is 5.59. The Morgan fingerprint density at radius 1 is 1.14 bits per heavy atom. The van der Waals surface area contributed by atoms with E-state index >= 15 is 0 Å². The summed E-state index contributed by atoms with van der Waals surface area (Å²) in [5.41, 5.74) is 1.52. The van der Waals surface area contributed by atoms with Crippen molar-refractivity contribution in [1.82, 2.24) is 5.32 Å². The molecule has 0 unspecified atom stereocenters. The first-order valence-electron chi connectivity index (χ1n) is 9.86. The van der Waals surface area contributed by atoms with Crippen molar-refractivity contribution in [2.45, 2.75) is 39.2 Å². The van der Waals surface area contributed by atoms with Crippen molar-refractivity contribution in [3.63, 3.8) is 0 Å². The lowest BCUT2D eigenvalue weighted by Crippen LogP contribution is -2.34. The Labute approximate surface area is 176 Å². The lowest BCUT2D eigenvalue weighted by Gasteiger charge is -2.29. The zero-order chi connectivity index (χ0) is 20.8. The van der Waals surface area contributed by atoms with Crippen molar-refractivity contribution in [3.8, 4) is 5.75 Å². The molecule has 29 heavy (non-hydrogen) atoms. The molecule has 0 atom stereocenters. The Morgan fingerprint density at radius 2 is 1.90 bits per heavy atom. The standard InChI is InChI=1S/C22H26FN3O2S/c1-15(2)28-18-8-6-7-16(13-18)21(27)25-22(29)24-17-9-10-20(19(23)14-17)26-11-4-3-5-12-26/h6-10,13-15H,3-5,11-12H2,1-2H3,(H2,24,25,27,29). The summed E-state index contributed by atoms with van der Waals surface area (Å²) in [4.78, 5) is 14.5. The van der Waals surface area contributed by atoms with E-state index in [2.05, 4.69) is 15.5 Å². The number of piperidine rings is 1. The number of nitrogens with zero attached hydrogens (tertiary/aromatic N) is 1. The number of ether oxygens (including phenoxy) is 1. The number of nitrogens with one attached hydrogen (secondary N) is 2. The van der Waals surface area contributed by atoms with Crippen LogP contribution in [0.1, 0.15) is 43.5 Å². The lowest BCUT2D eigenvalue weighted by atomic mass is 10.1. The Kier molecular flexibility index (Phi) is 7.04. The molecular formula is C22H26FN3O2S. The summed E-state index contributed by atoms with van der Waals surface area (Å²) < 4.78 is 20.1. The number of benzene rings is 2. The lowest BCUT2D eigenvalue weighted by molar-refractivity contribution is 0.0977. The van der Waals surface area contributed by atoms with E-state index < -0.39 is 0 Å². The van der Waals surface area contributed by atoms with Crippen molar-refractivity contribution >= 4 is 34.6 Å². The predicted molar refractivity (Wildman–Crippen MR) is 118 cm³/mol. The van der Waals surface area contributed by atoms with Gasteiger partial charge in [-0.1, -0.05) is 6.07 Å². The fourth-order valence-corrected chi connectivity index (χ4v) is 3.51. The van der Waals surface area contributed by atoms with Crippen molar-refractivity contribution in [2.24, 2.45) is 0 Å². The van der Waals surface area contributed by atoms with Crippen LogP contribution in [0.4, 0.5) is 15.8 Å². The molecule has 1 fully saturated rings. The van der Waals surface area contributed by atoms with Gasteiger partial charge in [0.15, 0.2) is 5.11 Å². The highest BCUT2D eigenvalue weighted by molar-refractivity contribution is 7.80. The van der Waals surface area contributed by atoms with Gasteiger partial charge < -0.3 is 15.0 Å². The smallest absolute Gasteiger partial charge is 0.257 e. The first-order valence-corrected chi connectivity index (χ1v) is 10.3. The molecule has 0 spiro atoms. The van der Waals surface area contributed by atoms with Crippen molar-refractivity contribution in [1.29, 1.82) is 0 Å². The molecule has 1 aliphatic rings. The summed E-state index contributed by atoms with van der Waals surface area (Å²) in [6, 6.07) is 11.8. The number of halogens is 1. The molecule has 0 bridgehead atoms. The number of hydrogen-bond donors (Lipinski definition) is 2. The number of thiocarbonyl (C=S) groups is 1. The Balaban J connectivity index is 1.60. The third-order valence-electron chi connectivity index (χ3n) is 4.60. The fourth-order valence-electron chi connectivity index (χ4n) is 3.30. The van der Waals surface area contributed by atoms with Crippen LogP contribution in [0, 0.1) is 5.82 Å². The molecule has 1 amide bonds. The summed E-state index contributed by atoms with van der Waals surface area (Å²) >= 11 is 5.21. The SMILES string of the molecule is CC(C)Oc1cccc(C(=O)NC(=S)Nc2ccc(N3CCCCC3)c(F)c2)c1. The average molecular weight is 416 g/mol. The highest BCUT2D eigenvalue weighted by Gasteiger charge is 2.16. The highest BCUT2D eigenvalue weighted by atomic mass is 32.1. The van der Waals surface area contributed by atoms with Gasteiger partial charge in [0.2, 0.25) is 0 Å². The van der Waals surface area contributed by atoms with Gasteiger partial charge in [-0.3, -0.25) is 10.1 Å². The second kappa shape index (κ2) is 9.69. The molecule has 5 nitrogen and oxygen atoms in total. The van der Waals surface area contributed by atoms with Gasteiger partial charge in [-0.25, -0.2) is 4.39 Å². The van der Waals surface area contributed by atoms with Crippen LogP contribution in [-0.4, -0.2) is 30.2 Å². The summed E-state index contributed by atoms with van der Waals surface area (Å²) in [6.45, 7) is 5.58. The second-order valence-corrected chi connectivity index (χ2v) is 7.72. The molecule has 7 heteroatoms. The summed E-state index contributed by atoms with van der Waals surface area (Å²) in [5.74, 6) is -0.0476. The molecule has 0 saturated carbocycles. The van der Waals surface area contributed by atoms with E-state index in [1.165, 1.54) is 12.5 Å².